The molecule has 2 aliphatic rings. The average molecular weight is 433 g/mol. The van der Waals surface area contributed by atoms with Crippen LogP contribution in [0.25, 0.3) is 0 Å². The number of rotatable bonds is 5. The zero-order valence-corrected chi connectivity index (χ0v) is 18.5. The lowest BCUT2D eigenvalue weighted by molar-refractivity contribution is -0.132. The maximum atomic E-state index is 12.6. The van der Waals surface area contributed by atoms with Crippen LogP contribution in [0, 0.1) is 0 Å². The highest BCUT2D eigenvalue weighted by molar-refractivity contribution is 7.90. The summed E-state index contributed by atoms with van der Waals surface area (Å²) in [6, 6.07) is 9.70. The number of likely N-dealkylation sites (tertiary alicyclic amines) is 1. The second-order valence-electron chi connectivity index (χ2n) is 8.12. The van der Waals surface area contributed by atoms with Crippen molar-refractivity contribution in [1.29, 1.82) is 0 Å². The van der Waals surface area contributed by atoms with E-state index in [1.54, 1.807) is 17.0 Å². The van der Waals surface area contributed by atoms with E-state index in [0.29, 0.717) is 23.8 Å². The summed E-state index contributed by atoms with van der Waals surface area (Å²) in [4.78, 5) is 19.1. The maximum absolute atomic E-state index is 12.6. The van der Waals surface area contributed by atoms with Gasteiger partial charge in [0.1, 0.15) is 0 Å². The van der Waals surface area contributed by atoms with E-state index < -0.39 is 9.84 Å². The number of thiophene rings is 1. The highest BCUT2D eigenvalue weighted by Crippen LogP contribution is 2.28. The summed E-state index contributed by atoms with van der Waals surface area (Å²) >= 11 is 1.87. The Hall–Kier alpha value is -1.70. The molecule has 0 radical (unpaired) electrons. The van der Waals surface area contributed by atoms with Gasteiger partial charge in [-0.05, 0) is 60.4 Å². The van der Waals surface area contributed by atoms with Crippen molar-refractivity contribution in [2.45, 2.75) is 49.6 Å². The number of nitrogens with zero attached hydrogens (tertiary/aromatic N) is 2. The SMILES string of the molecule is CS(=O)(=O)c1ccc(CCC(=O)N2CCC(N3CCc4sccc4C3)CC2)cc1. The van der Waals surface area contributed by atoms with Gasteiger partial charge in [0, 0.05) is 49.8 Å². The number of carbonyl (C=O) groups is 1. The van der Waals surface area contributed by atoms with Crippen LogP contribution in [-0.2, 0) is 34.0 Å². The van der Waals surface area contributed by atoms with Gasteiger partial charge in [0.25, 0.3) is 0 Å². The summed E-state index contributed by atoms with van der Waals surface area (Å²) in [6.45, 7) is 3.86. The Morgan fingerprint density at radius 2 is 1.83 bits per heavy atom. The molecule has 156 valence electrons. The Morgan fingerprint density at radius 1 is 1.10 bits per heavy atom. The van der Waals surface area contributed by atoms with Crippen LogP contribution < -0.4 is 0 Å². The predicted molar refractivity (Wildman–Crippen MR) is 116 cm³/mol. The minimum Gasteiger partial charge on any atom is -0.343 e. The molecule has 0 N–H and O–H groups in total. The summed E-state index contributed by atoms with van der Waals surface area (Å²) in [5, 5.41) is 2.20. The number of hydrogen-bond acceptors (Lipinski definition) is 5. The molecule has 7 heteroatoms. The van der Waals surface area contributed by atoms with E-state index in [9.17, 15) is 13.2 Å². The molecule has 1 aromatic carbocycles. The first-order valence-corrected chi connectivity index (χ1v) is 13.0. The van der Waals surface area contributed by atoms with E-state index in [4.69, 9.17) is 0 Å². The zero-order chi connectivity index (χ0) is 20.4. The largest absolute Gasteiger partial charge is 0.343 e. The average Bonchev–Trinajstić information content (AvgIpc) is 3.19. The number of hydrogen-bond donors (Lipinski definition) is 0. The van der Waals surface area contributed by atoms with Crippen LogP contribution in [0.3, 0.4) is 0 Å². The quantitative estimate of drug-likeness (QED) is 0.728. The summed E-state index contributed by atoms with van der Waals surface area (Å²) < 4.78 is 23.1. The molecule has 0 spiro atoms. The second-order valence-corrected chi connectivity index (χ2v) is 11.1. The van der Waals surface area contributed by atoms with Gasteiger partial charge in [-0.3, -0.25) is 9.69 Å². The first-order valence-electron chi connectivity index (χ1n) is 10.3. The lowest BCUT2D eigenvalue weighted by Crippen LogP contribution is -2.47. The number of benzene rings is 1. The molecule has 0 unspecified atom stereocenters. The molecule has 2 aliphatic heterocycles. The van der Waals surface area contributed by atoms with Gasteiger partial charge < -0.3 is 4.90 Å². The Balaban J connectivity index is 1.24. The first kappa shape index (κ1) is 20.6. The van der Waals surface area contributed by atoms with E-state index >= 15 is 0 Å². The Morgan fingerprint density at radius 3 is 2.52 bits per heavy atom. The summed E-state index contributed by atoms with van der Waals surface area (Å²) in [5.41, 5.74) is 2.49. The number of fused-ring (bicyclic) bond motifs is 1. The van der Waals surface area contributed by atoms with Gasteiger partial charge >= 0.3 is 0 Å². The van der Waals surface area contributed by atoms with E-state index in [0.717, 1.165) is 51.0 Å². The lowest BCUT2D eigenvalue weighted by Gasteiger charge is -2.40. The van der Waals surface area contributed by atoms with Crippen LogP contribution in [0.1, 0.15) is 35.3 Å². The topological polar surface area (TPSA) is 57.7 Å². The van der Waals surface area contributed by atoms with Crippen LogP contribution in [-0.4, -0.2) is 56.1 Å². The van der Waals surface area contributed by atoms with Gasteiger partial charge in [-0.15, -0.1) is 11.3 Å². The van der Waals surface area contributed by atoms with Crippen LogP contribution >= 0.6 is 11.3 Å². The third-order valence-electron chi connectivity index (χ3n) is 6.15. The van der Waals surface area contributed by atoms with Crippen LogP contribution in [0.4, 0.5) is 0 Å². The highest BCUT2D eigenvalue weighted by Gasteiger charge is 2.29. The zero-order valence-electron chi connectivity index (χ0n) is 16.8. The molecule has 2 aromatic rings. The monoisotopic (exact) mass is 432 g/mol. The lowest BCUT2D eigenvalue weighted by atomic mass is 9.99. The fraction of sp³-hybridized carbons (Fsp3) is 0.500. The molecule has 0 bridgehead atoms. The molecule has 3 heterocycles. The van der Waals surface area contributed by atoms with E-state index in [-0.39, 0.29) is 5.91 Å². The van der Waals surface area contributed by atoms with Gasteiger partial charge in [0.05, 0.1) is 4.90 Å². The normalized spacial score (nSPS) is 18.6. The Kier molecular flexibility index (Phi) is 6.08. The van der Waals surface area contributed by atoms with Crippen molar-refractivity contribution in [2.75, 3.05) is 25.9 Å². The Labute approximate surface area is 177 Å². The minimum absolute atomic E-state index is 0.203. The molecule has 5 nitrogen and oxygen atoms in total. The second kappa shape index (κ2) is 8.58. The van der Waals surface area contributed by atoms with Crippen LogP contribution in [0.15, 0.2) is 40.6 Å². The molecule has 0 atom stereocenters. The highest BCUT2D eigenvalue weighted by atomic mass is 32.2. The van der Waals surface area contributed by atoms with E-state index in [2.05, 4.69) is 16.3 Å². The van der Waals surface area contributed by atoms with Crippen LogP contribution in [0.2, 0.25) is 0 Å². The third-order valence-corrected chi connectivity index (χ3v) is 8.30. The number of aryl methyl sites for hydroxylation is 1. The number of sulfone groups is 1. The smallest absolute Gasteiger partial charge is 0.222 e. The number of piperidine rings is 1. The van der Waals surface area contributed by atoms with Gasteiger partial charge in [-0.2, -0.15) is 0 Å². The molecular formula is C22H28N2O3S2. The minimum atomic E-state index is -3.17. The van der Waals surface area contributed by atoms with Crippen molar-refractivity contribution in [2.24, 2.45) is 0 Å². The number of carbonyl (C=O) groups excluding carboxylic acids is 1. The molecule has 1 amide bonds. The molecular weight excluding hydrogens is 404 g/mol. The standard InChI is InChI=1S/C22H28N2O3S2/c1-29(26,27)20-5-2-17(3-6-20)4-7-22(25)23-12-8-19(9-13-23)24-14-10-21-18(16-24)11-15-28-21/h2-3,5-6,11,15,19H,4,7-10,12-14,16H2,1H3. The summed E-state index contributed by atoms with van der Waals surface area (Å²) in [5.74, 6) is 0.203. The predicted octanol–water partition coefficient (Wildman–Crippen LogP) is 3.13. The van der Waals surface area contributed by atoms with Crippen molar-refractivity contribution >= 4 is 27.1 Å². The molecule has 0 aliphatic carbocycles. The Bertz CT molecular complexity index is 958. The van der Waals surface area contributed by atoms with Crippen molar-refractivity contribution < 1.29 is 13.2 Å². The molecule has 4 rings (SSSR count). The fourth-order valence-electron chi connectivity index (χ4n) is 4.38. The molecule has 0 saturated carbocycles. The van der Waals surface area contributed by atoms with Crippen molar-refractivity contribution in [3.63, 3.8) is 0 Å². The van der Waals surface area contributed by atoms with Crippen molar-refractivity contribution in [3.8, 4) is 0 Å². The van der Waals surface area contributed by atoms with Gasteiger partial charge in [0.2, 0.25) is 5.91 Å². The summed E-state index contributed by atoms with van der Waals surface area (Å²) in [6.07, 6.45) is 5.59. The molecule has 1 aromatic heterocycles. The van der Waals surface area contributed by atoms with Crippen molar-refractivity contribution in [3.05, 3.63) is 51.7 Å². The van der Waals surface area contributed by atoms with Crippen LogP contribution in [0.5, 0.6) is 0 Å². The molecule has 1 saturated heterocycles. The first-order chi connectivity index (χ1) is 13.9. The summed E-state index contributed by atoms with van der Waals surface area (Å²) in [7, 11) is -3.17. The van der Waals surface area contributed by atoms with Crippen molar-refractivity contribution in [1.82, 2.24) is 9.80 Å². The van der Waals surface area contributed by atoms with E-state index in [1.807, 2.05) is 28.4 Å². The van der Waals surface area contributed by atoms with E-state index in [1.165, 1.54) is 11.8 Å². The van der Waals surface area contributed by atoms with Gasteiger partial charge in [-0.1, -0.05) is 12.1 Å². The molecule has 1 fully saturated rings. The maximum Gasteiger partial charge on any atom is 0.222 e. The van der Waals surface area contributed by atoms with Gasteiger partial charge in [0.15, 0.2) is 9.84 Å². The number of amides is 1. The fourth-order valence-corrected chi connectivity index (χ4v) is 5.90. The molecule has 29 heavy (non-hydrogen) atoms. The third kappa shape index (κ3) is 4.90. The van der Waals surface area contributed by atoms with Gasteiger partial charge in [-0.25, -0.2) is 8.42 Å².